The molecule has 240 valence electrons. The predicted octanol–water partition coefficient (Wildman–Crippen LogP) is 11.6. The van der Waals surface area contributed by atoms with Gasteiger partial charge in [-0.15, -0.1) is 0 Å². The van der Waals surface area contributed by atoms with E-state index in [1.54, 1.807) is 0 Å². The van der Waals surface area contributed by atoms with Crippen LogP contribution in [0.5, 0.6) is 28.7 Å². The van der Waals surface area contributed by atoms with Crippen molar-refractivity contribution in [1.29, 1.82) is 0 Å². The summed E-state index contributed by atoms with van der Waals surface area (Å²) in [5, 5.41) is 6.80. The van der Waals surface area contributed by atoms with Crippen molar-refractivity contribution in [3.63, 3.8) is 0 Å². The fraction of sp³-hybridized carbons (Fsp3) is 0.526. The number of rotatable bonds is 20. The standard InChI is InChI=1S/C38H51IO5/c1-6-11-16-40-34-22-28-27(21-33(34)39)29-23-35(41-17-12-7-2)37(43-19-14-9-4)25-31(29)32-26-38(44-20-15-10-5)36(24-30(28)32)42-18-13-8-3/h21-26H,6-20H2,1-5H3. The minimum absolute atomic E-state index is 0.659. The molecule has 0 aliphatic heterocycles. The third-order valence-electron chi connectivity index (χ3n) is 7.89. The number of fused-ring (bicyclic) bond motifs is 6. The lowest BCUT2D eigenvalue weighted by atomic mass is 9.93. The fourth-order valence-electron chi connectivity index (χ4n) is 5.20. The van der Waals surface area contributed by atoms with Crippen LogP contribution in [0.3, 0.4) is 0 Å². The lowest BCUT2D eigenvalue weighted by Gasteiger charge is -2.20. The summed E-state index contributed by atoms with van der Waals surface area (Å²) in [4.78, 5) is 0. The van der Waals surface area contributed by atoms with Crippen LogP contribution in [0.2, 0.25) is 0 Å². The van der Waals surface area contributed by atoms with Gasteiger partial charge < -0.3 is 23.7 Å². The topological polar surface area (TPSA) is 46.2 Å². The number of unbranched alkanes of at least 4 members (excludes halogenated alkanes) is 5. The van der Waals surface area contributed by atoms with Crippen molar-refractivity contribution in [3.05, 3.63) is 40.0 Å². The molecule has 0 unspecified atom stereocenters. The van der Waals surface area contributed by atoms with Gasteiger partial charge in [-0.05, 0) is 123 Å². The van der Waals surface area contributed by atoms with E-state index in [2.05, 4.69) is 93.6 Å². The Labute approximate surface area is 278 Å². The van der Waals surface area contributed by atoms with Gasteiger partial charge in [0.25, 0.3) is 0 Å². The predicted molar refractivity (Wildman–Crippen MR) is 194 cm³/mol. The number of halogens is 1. The maximum atomic E-state index is 6.38. The second kappa shape index (κ2) is 17.8. The van der Waals surface area contributed by atoms with E-state index >= 15 is 0 Å². The van der Waals surface area contributed by atoms with Crippen molar-refractivity contribution in [1.82, 2.24) is 0 Å². The average Bonchev–Trinajstić information content (AvgIpc) is 3.02. The Kier molecular flexibility index (Phi) is 13.8. The van der Waals surface area contributed by atoms with Gasteiger partial charge >= 0.3 is 0 Å². The highest BCUT2D eigenvalue weighted by molar-refractivity contribution is 14.1. The SMILES string of the molecule is CCCCOc1cc2c(cc1I)c1cc(OCCCC)c(OCCCC)cc1c1cc(OCCCC)c(OCCCC)cc21. The molecule has 44 heavy (non-hydrogen) atoms. The molecule has 0 aliphatic carbocycles. The highest BCUT2D eigenvalue weighted by atomic mass is 127. The smallest absolute Gasteiger partial charge is 0.161 e. The molecule has 0 radical (unpaired) electrons. The van der Waals surface area contributed by atoms with Gasteiger partial charge in [0.15, 0.2) is 23.0 Å². The maximum Gasteiger partial charge on any atom is 0.161 e. The van der Waals surface area contributed by atoms with E-state index in [9.17, 15) is 0 Å². The molecule has 0 aliphatic rings. The van der Waals surface area contributed by atoms with Gasteiger partial charge in [0.2, 0.25) is 0 Å². The van der Waals surface area contributed by atoms with Gasteiger partial charge in [-0.25, -0.2) is 0 Å². The summed E-state index contributed by atoms with van der Waals surface area (Å²) in [7, 11) is 0. The summed E-state index contributed by atoms with van der Waals surface area (Å²) < 4.78 is 32.9. The summed E-state index contributed by atoms with van der Waals surface area (Å²) in [5.41, 5.74) is 0. The molecule has 0 saturated carbocycles. The summed E-state index contributed by atoms with van der Waals surface area (Å²) in [6, 6.07) is 13.2. The van der Waals surface area contributed by atoms with Crippen molar-refractivity contribution in [2.75, 3.05) is 33.0 Å². The molecule has 0 heterocycles. The van der Waals surface area contributed by atoms with E-state index < -0.39 is 0 Å². The van der Waals surface area contributed by atoms with E-state index in [-0.39, 0.29) is 0 Å². The van der Waals surface area contributed by atoms with Crippen molar-refractivity contribution >= 4 is 54.9 Å². The quantitative estimate of drug-likeness (QED) is 0.0518. The maximum absolute atomic E-state index is 6.38. The lowest BCUT2D eigenvalue weighted by Crippen LogP contribution is -2.04. The molecule has 4 aromatic carbocycles. The molecule has 0 amide bonds. The Hall–Kier alpha value is -2.61. The third-order valence-corrected chi connectivity index (χ3v) is 8.73. The Balaban J connectivity index is 2.02. The summed E-state index contributed by atoms with van der Waals surface area (Å²) >= 11 is 2.41. The molecule has 0 N–H and O–H groups in total. The first-order valence-electron chi connectivity index (χ1n) is 16.9. The first kappa shape index (κ1) is 34.3. The van der Waals surface area contributed by atoms with Crippen LogP contribution < -0.4 is 23.7 Å². The zero-order valence-corrected chi connectivity index (χ0v) is 29.6. The van der Waals surface area contributed by atoms with Gasteiger partial charge in [-0.1, -0.05) is 66.7 Å². The van der Waals surface area contributed by atoms with Crippen LogP contribution >= 0.6 is 22.6 Å². The second-order valence-corrected chi connectivity index (χ2v) is 12.7. The first-order valence-corrected chi connectivity index (χ1v) is 18.0. The van der Waals surface area contributed by atoms with Gasteiger partial charge in [0, 0.05) is 0 Å². The molecule has 4 aromatic rings. The molecule has 0 bridgehead atoms. The van der Waals surface area contributed by atoms with Gasteiger partial charge in [-0.2, -0.15) is 0 Å². The van der Waals surface area contributed by atoms with Crippen LogP contribution in [0, 0.1) is 3.57 Å². The minimum atomic E-state index is 0.659. The molecular weight excluding hydrogens is 663 g/mol. The zero-order valence-electron chi connectivity index (χ0n) is 27.5. The van der Waals surface area contributed by atoms with Crippen molar-refractivity contribution in [2.24, 2.45) is 0 Å². The highest BCUT2D eigenvalue weighted by Crippen LogP contribution is 2.46. The lowest BCUT2D eigenvalue weighted by molar-refractivity contribution is 0.262. The zero-order chi connectivity index (χ0) is 31.3. The van der Waals surface area contributed by atoms with E-state index in [4.69, 9.17) is 23.7 Å². The molecule has 4 rings (SSSR count). The van der Waals surface area contributed by atoms with Crippen LogP contribution in [0.25, 0.3) is 32.3 Å². The van der Waals surface area contributed by atoms with Gasteiger partial charge in [-0.3, -0.25) is 0 Å². The molecule has 0 fully saturated rings. The first-order chi connectivity index (χ1) is 21.6. The number of benzene rings is 4. The van der Waals surface area contributed by atoms with E-state index in [1.807, 2.05) is 0 Å². The highest BCUT2D eigenvalue weighted by Gasteiger charge is 2.19. The average molecular weight is 715 g/mol. The van der Waals surface area contributed by atoms with Crippen LogP contribution in [0.1, 0.15) is 98.8 Å². The molecule has 5 nitrogen and oxygen atoms in total. The normalized spacial score (nSPS) is 11.4. The van der Waals surface area contributed by atoms with E-state index in [1.165, 1.54) is 5.39 Å². The largest absolute Gasteiger partial charge is 0.492 e. The van der Waals surface area contributed by atoms with Crippen molar-refractivity contribution in [3.8, 4) is 28.7 Å². The molecule has 0 spiro atoms. The van der Waals surface area contributed by atoms with Crippen LogP contribution in [0.15, 0.2) is 36.4 Å². The van der Waals surface area contributed by atoms with Gasteiger partial charge in [0.05, 0.1) is 36.6 Å². The molecule has 0 aromatic heterocycles. The summed E-state index contributed by atoms with van der Waals surface area (Å²) in [5.74, 6) is 4.12. The summed E-state index contributed by atoms with van der Waals surface area (Å²) in [6.07, 6.45) is 10.4. The Morgan fingerprint density at radius 1 is 0.364 bits per heavy atom. The minimum Gasteiger partial charge on any atom is -0.492 e. The Morgan fingerprint density at radius 3 is 0.864 bits per heavy atom. The monoisotopic (exact) mass is 714 g/mol. The molecule has 0 atom stereocenters. The molecule has 6 heteroatoms. The van der Waals surface area contributed by atoms with E-state index in [0.717, 1.165) is 123 Å². The summed E-state index contributed by atoms with van der Waals surface area (Å²) in [6.45, 7) is 14.3. The van der Waals surface area contributed by atoms with E-state index in [0.29, 0.717) is 33.0 Å². The fourth-order valence-corrected chi connectivity index (χ4v) is 5.83. The number of ether oxygens (including phenoxy) is 5. The van der Waals surface area contributed by atoms with Crippen molar-refractivity contribution < 1.29 is 23.7 Å². The number of hydrogen-bond acceptors (Lipinski definition) is 5. The third kappa shape index (κ3) is 8.55. The molecule has 0 saturated heterocycles. The number of hydrogen-bond donors (Lipinski definition) is 0. The van der Waals surface area contributed by atoms with Crippen LogP contribution in [0.4, 0.5) is 0 Å². The Morgan fingerprint density at radius 2 is 0.591 bits per heavy atom. The van der Waals surface area contributed by atoms with Crippen molar-refractivity contribution in [2.45, 2.75) is 98.8 Å². The van der Waals surface area contributed by atoms with Crippen LogP contribution in [-0.4, -0.2) is 33.0 Å². The van der Waals surface area contributed by atoms with Crippen LogP contribution in [-0.2, 0) is 0 Å². The van der Waals surface area contributed by atoms with Gasteiger partial charge in [0.1, 0.15) is 5.75 Å². The Bertz CT molecular complexity index is 1450. The molecular formula is C38H51IO5. The second-order valence-electron chi connectivity index (χ2n) is 11.5.